The highest BCUT2D eigenvalue weighted by molar-refractivity contribution is 5.76. The van der Waals surface area contributed by atoms with Gasteiger partial charge in [0.1, 0.15) is 0 Å². The van der Waals surface area contributed by atoms with Crippen LogP contribution in [0.3, 0.4) is 0 Å². The number of carbonyl (C=O) groups excluding carboxylic acids is 2. The van der Waals surface area contributed by atoms with E-state index in [0.717, 1.165) is 83.5 Å². The van der Waals surface area contributed by atoms with Crippen LogP contribution in [-0.4, -0.2) is 47.4 Å². The first-order chi connectivity index (χ1) is 34.0. The lowest BCUT2D eigenvalue weighted by atomic mass is 10.0. The molecule has 0 aliphatic carbocycles. The molecule has 406 valence electrons. The van der Waals surface area contributed by atoms with Gasteiger partial charge in [-0.2, -0.15) is 0 Å². The fourth-order valence-electron chi connectivity index (χ4n) is 9.43. The van der Waals surface area contributed by atoms with Crippen molar-refractivity contribution >= 4 is 11.9 Å². The molecule has 0 aliphatic heterocycles. The van der Waals surface area contributed by atoms with Crippen LogP contribution in [-0.2, 0) is 14.3 Å². The highest BCUT2D eigenvalue weighted by atomic mass is 16.5. The molecule has 1 amide bonds. The lowest BCUT2D eigenvalue weighted by Crippen LogP contribution is -2.45. The molecule has 69 heavy (non-hydrogen) atoms. The third kappa shape index (κ3) is 55.2. The van der Waals surface area contributed by atoms with Crippen molar-refractivity contribution in [2.75, 3.05) is 13.2 Å². The second-order valence-electron chi connectivity index (χ2n) is 21.0. The zero-order chi connectivity index (χ0) is 50.0. The Morgan fingerprint density at radius 1 is 0.406 bits per heavy atom. The number of amides is 1. The molecular formula is C63H119NO5. The van der Waals surface area contributed by atoms with Crippen LogP contribution in [0.25, 0.3) is 0 Å². The van der Waals surface area contributed by atoms with Crippen LogP contribution < -0.4 is 5.32 Å². The summed E-state index contributed by atoms with van der Waals surface area (Å²) in [4.78, 5) is 24.5. The summed E-state index contributed by atoms with van der Waals surface area (Å²) in [5, 5.41) is 23.3. The predicted molar refractivity (Wildman–Crippen MR) is 301 cm³/mol. The first kappa shape index (κ1) is 67.1. The second kappa shape index (κ2) is 58.6. The van der Waals surface area contributed by atoms with Crippen molar-refractivity contribution in [2.45, 2.75) is 341 Å². The predicted octanol–water partition coefficient (Wildman–Crippen LogP) is 19.2. The van der Waals surface area contributed by atoms with E-state index in [1.165, 1.54) is 212 Å². The summed E-state index contributed by atoms with van der Waals surface area (Å²) in [5.41, 5.74) is 0. The van der Waals surface area contributed by atoms with Crippen molar-refractivity contribution in [3.8, 4) is 0 Å². The van der Waals surface area contributed by atoms with Crippen LogP contribution in [0.2, 0.25) is 0 Å². The second-order valence-corrected chi connectivity index (χ2v) is 21.0. The molecule has 6 heteroatoms. The molecular weight excluding hydrogens is 851 g/mol. The Morgan fingerprint density at radius 2 is 0.725 bits per heavy atom. The Hall–Kier alpha value is -1.92. The largest absolute Gasteiger partial charge is 0.466 e. The first-order valence-corrected chi connectivity index (χ1v) is 30.7. The maximum atomic E-state index is 12.5. The van der Waals surface area contributed by atoms with Gasteiger partial charge in [-0.1, -0.05) is 262 Å². The normalized spacial score (nSPS) is 12.8. The van der Waals surface area contributed by atoms with Gasteiger partial charge in [-0.05, 0) is 89.9 Å². The fraction of sp³-hybridized carbons (Fsp3) is 0.873. The maximum Gasteiger partial charge on any atom is 0.305 e. The Kier molecular flexibility index (Phi) is 57.0. The number of hydrogen-bond donors (Lipinski definition) is 3. The molecule has 0 saturated heterocycles. The number of rotatable bonds is 57. The van der Waals surface area contributed by atoms with Gasteiger partial charge in [0.25, 0.3) is 0 Å². The van der Waals surface area contributed by atoms with Gasteiger partial charge in [-0.3, -0.25) is 9.59 Å². The van der Waals surface area contributed by atoms with E-state index in [2.05, 4.69) is 55.6 Å². The van der Waals surface area contributed by atoms with Gasteiger partial charge in [0.15, 0.2) is 0 Å². The van der Waals surface area contributed by atoms with Gasteiger partial charge in [0.2, 0.25) is 5.91 Å². The van der Waals surface area contributed by atoms with E-state index >= 15 is 0 Å². The third-order valence-electron chi connectivity index (χ3n) is 14.2. The van der Waals surface area contributed by atoms with E-state index in [-0.39, 0.29) is 18.5 Å². The fourth-order valence-corrected chi connectivity index (χ4v) is 9.43. The summed E-state index contributed by atoms with van der Waals surface area (Å²) in [6.45, 7) is 4.92. The number of ether oxygens (including phenoxy) is 1. The van der Waals surface area contributed by atoms with Crippen LogP contribution >= 0.6 is 0 Å². The average molecular weight is 971 g/mol. The van der Waals surface area contributed by atoms with Crippen molar-refractivity contribution < 1.29 is 24.5 Å². The Morgan fingerprint density at radius 3 is 1.12 bits per heavy atom. The zero-order valence-electron chi connectivity index (χ0n) is 46.3. The lowest BCUT2D eigenvalue weighted by molar-refractivity contribution is -0.143. The summed E-state index contributed by atoms with van der Waals surface area (Å²) in [5.74, 6) is -0.0720. The molecule has 0 heterocycles. The van der Waals surface area contributed by atoms with E-state index in [9.17, 15) is 19.8 Å². The van der Waals surface area contributed by atoms with E-state index in [1.807, 2.05) is 0 Å². The third-order valence-corrected chi connectivity index (χ3v) is 14.2. The molecule has 0 bridgehead atoms. The SMILES string of the molecule is CCCCCCCC/C=C\CCCCCCCC(=O)OCCCCC/C=C\C/C=C\CCCCCCCCCC(=O)NC(CO)C(O)CCCCCCCCCCCCCCCCCCCCCC. The molecule has 2 atom stereocenters. The van der Waals surface area contributed by atoms with Crippen LogP contribution in [0.4, 0.5) is 0 Å². The molecule has 0 spiro atoms. The summed E-state index contributed by atoms with van der Waals surface area (Å²) >= 11 is 0. The lowest BCUT2D eigenvalue weighted by Gasteiger charge is -2.22. The number of unbranched alkanes of at least 4 members (excludes halogenated alkanes) is 40. The van der Waals surface area contributed by atoms with E-state index in [1.54, 1.807) is 0 Å². The van der Waals surface area contributed by atoms with Crippen molar-refractivity contribution in [1.82, 2.24) is 5.32 Å². The quantitative estimate of drug-likeness (QED) is 0.0321. The van der Waals surface area contributed by atoms with Crippen LogP contribution in [0.15, 0.2) is 36.5 Å². The molecule has 2 unspecified atom stereocenters. The summed E-state index contributed by atoms with van der Waals surface area (Å²) in [6.07, 6.45) is 72.9. The van der Waals surface area contributed by atoms with Gasteiger partial charge in [0, 0.05) is 12.8 Å². The number of aliphatic hydroxyl groups excluding tert-OH is 2. The van der Waals surface area contributed by atoms with Gasteiger partial charge in [-0.25, -0.2) is 0 Å². The smallest absolute Gasteiger partial charge is 0.305 e. The summed E-state index contributed by atoms with van der Waals surface area (Å²) in [7, 11) is 0. The van der Waals surface area contributed by atoms with Gasteiger partial charge < -0.3 is 20.3 Å². The number of aliphatic hydroxyl groups is 2. The number of esters is 1. The van der Waals surface area contributed by atoms with Crippen molar-refractivity contribution in [2.24, 2.45) is 0 Å². The van der Waals surface area contributed by atoms with Gasteiger partial charge >= 0.3 is 5.97 Å². The van der Waals surface area contributed by atoms with Crippen molar-refractivity contribution in [3.63, 3.8) is 0 Å². The highest BCUT2D eigenvalue weighted by Crippen LogP contribution is 2.17. The average Bonchev–Trinajstić information content (AvgIpc) is 3.35. The molecule has 0 aromatic carbocycles. The maximum absolute atomic E-state index is 12.5. The van der Waals surface area contributed by atoms with Crippen molar-refractivity contribution in [1.29, 1.82) is 0 Å². The zero-order valence-corrected chi connectivity index (χ0v) is 46.3. The molecule has 0 radical (unpaired) electrons. The summed E-state index contributed by atoms with van der Waals surface area (Å²) in [6, 6.07) is -0.555. The van der Waals surface area contributed by atoms with E-state index in [0.29, 0.717) is 25.9 Å². The van der Waals surface area contributed by atoms with Crippen molar-refractivity contribution in [3.05, 3.63) is 36.5 Å². The highest BCUT2D eigenvalue weighted by Gasteiger charge is 2.20. The molecule has 0 aromatic heterocycles. The molecule has 0 fully saturated rings. The minimum Gasteiger partial charge on any atom is -0.466 e. The molecule has 6 nitrogen and oxygen atoms in total. The van der Waals surface area contributed by atoms with E-state index < -0.39 is 12.1 Å². The molecule has 0 aromatic rings. The topological polar surface area (TPSA) is 95.9 Å². The monoisotopic (exact) mass is 970 g/mol. The first-order valence-electron chi connectivity index (χ1n) is 30.7. The van der Waals surface area contributed by atoms with Gasteiger partial charge in [0.05, 0.1) is 25.4 Å². The Labute approximate surface area is 430 Å². The van der Waals surface area contributed by atoms with Crippen LogP contribution in [0.1, 0.15) is 328 Å². The van der Waals surface area contributed by atoms with E-state index in [4.69, 9.17) is 4.74 Å². The Bertz CT molecular complexity index is 1120. The number of carbonyl (C=O) groups is 2. The molecule has 0 saturated carbocycles. The standard InChI is InChI=1S/C63H119NO5/c1-3-5-7-9-11-13-15-17-19-20-21-22-24-28-31-35-39-43-47-51-55-61(66)60(59-65)64-62(67)56-52-48-44-40-36-32-29-25-23-26-30-34-38-42-46-50-54-58-69-63(68)57-53-49-45-41-37-33-27-18-16-14-12-10-8-6-4-2/h18,23,26-27,34,38,60-61,65-66H,3-17,19-22,24-25,28-33,35-37,39-59H2,1-2H3,(H,64,67)/b26-23-,27-18-,38-34-. The number of nitrogens with one attached hydrogen (secondary N) is 1. The minimum atomic E-state index is -0.676. The molecule has 0 aliphatic rings. The van der Waals surface area contributed by atoms with Crippen LogP contribution in [0, 0.1) is 0 Å². The summed E-state index contributed by atoms with van der Waals surface area (Å²) < 4.78 is 5.45. The molecule has 0 rings (SSSR count). The number of hydrogen-bond acceptors (Lipinski definition) is 5. The minimum absolute atomic E-state index is 0.0231. The van der Waals surface area contributed by atoms with Crippen LogP contribution in [0.5, 0.6) is 0 Å². The Balaban J connectivity index is 3.50. The number of allylic oxidation sites excluding steroid dienone is 6. The van der Waals surface area contributed by atoms with Gasteiger partial charge in [-0.15, -0.1) is 0 Å². The molecule has 3 N–H and O–H groups in total.